The van der Waals surface area contributed by atoms with Crippen LogP contribution < -0.4 is 4.74 Å². The molecule has 0 saturated heterocycles. The summed E-state index contributed by atoms with van der Waals surface area (Å²) >= 11 is 0. The van der Waals surface area contributed by atoms with Crippen LogP contribution in [0.15, 0.2) is 12.3 Å². The van der Waals surface area contributed by atoms with E-state index in [-0.39, 0.29) is 0 Å². The number of hydrogen-bond acceptors (Lipinski definition) is 2. The van der Waals surface area contributed by atoms with Crippen molar-refractivity contribution in [3.63, 3.8) is 0 Å². The van der Waals surface area contributed by atoms with Crippen LogP contribution in [0.3, 0.4) is 0 Å². The second kappa shape index (κ2) is 3.57. The van der Waals surface area contributed by atoms with Crippen molar-refractivity contribution in [1.82, 2.24) is 4.98 Å². The van der Waals surface area contributed by atoms with Crippen LogP contribution in [-0.4, -0.2) is 12.1 Å². The predicted molar refractivity (Wildman–Crippen MR) is 49.6 cm³/mol. The maximum absolute atomic E-state index is 5.02. The third-order valence-electron chi connectivity index (χ3n) is 1.96. The van der Waals surface area contributed by atoms with Gasteiger partial charge in [0.2, 0.25) is 5.88 Å². The molecule has 1 heterocycles. The third kappa shape index (κ3) is 1.76. The van der Waals surface area contributed by atoms with E-state index in [9.17, 15) is 0 Å². The first-order valence-electron chi connectivity index (χ1n) is 4.15. The zero-order valence-electron chi connectivity index (χ0n) is 8.09. The van der Waals surface area contributed by atoms with E-state index in [2.05, 4.69) is 25.8 Å². The van der Waals surface area contributed by atoms with Crippen molar-refractivity contribution in [3.8, 4) is 5.88 Å². The minimum absolute atomic E-state index is 0.531. The van der Waals surface area contributed by atoms with Crippen molar-refractivity contribution in [3.05, 3.63) is 23.4 Å². The molecule has 0 bridgehead atoms. The molecule has 0 radical (unpaired) electrons. The lowest BCUT2D eigenvalue weighted by Gasteiger charge is -2.09. The Bertz CT molecular complexity index is 269. The van der Waals surface area contributed by atoms with Gasteiger partial charge in [0, 0.05) is 12.3 Å². The average molecular weight is 165 g/mol. The van der Waals surface area contributed by atoms with Gasteiger partial charge in [0.15, 0.2) is 0 Å². The molecule has 2 nitrogen and oxygen atoms in total. The Balaban J connectivity index is 3.03. The third-order valence-corrected chi connectivity index (χ3v) is 1.96. The zero-order chi connectivity index (χ0) is 9.14. The van der Waals surface area contributed by atoms with E-state index in [0.29, 0.717) is 11.8 Å². The monoisotopic (exact) mass is 165 g/mol. The Labute approximate surface area is 73.6 Å². The summed E-state index contributed by atoms with van der Waals surface area (Å²) in [6.07, 6.45) is 1.89. The number of aromatic nitrogens is 1. The molecule has 12 heavy (non-hydrogen) atoms. The van der Waals surface area contributed by atoms with Gasteiger partial charge in [-0.25, -0.2) is 4.98 Å². The van der Waals surface area contributed by atoms with Crippen molar-refractivity contribution < 1.29 is 4.74 Å². The molecule has 0 atom stereocenters. The number of rotatable bonds is 2. The van der Waals surface area contributed by atoms with E-state index in [1.165, 1.54) is 11.1 Å². The van der Waals surface area contributed by atoms with Crippen LogP contribution in [0.1, 0.15) is 30.9 Å². The maximum Gasteiger partial charge on any atom is 0.213 e. The van der Waals surface area contributed by atoms with Gasteiger partial charge in [-0.1, -0.05) is 13.8 Å². The van der Waals surface area contributed by atoms with Gasteiger partial charge in [0.25, 0.3) is 0 Å². The van der Waals surface area contributed by atoms with E-state index in [0.717, 1.165) is 0 Å². The van der Waals surface area contributed by atoms with Gasteiger partial charge in [0.05, 0.1) is 7.11 Å². The summed E-state index contributed by atoms with van der Waals surface area (Å²) < 4.78 is 5.02. The molecule has 0 aliphatic carbocycles. The number of hydrogen-bond donors (Lipinski definition) is 0. The maximum atomic E-state index is 5.02. The van der Waals surface area contributed by atoms with Crippen LogP contribution in [0.4, 0.5) is 0 Å². The highest BCUT2D eigenvalue weighted by atomic mass is 16.5. The molecule has 0 saturated carbocycles. The number of ether oxygens (including phenoxy) is 1. The Morgan fingerprint density at radius 1 is 1.42 bits per heavy atom. The average Bonchev–Trinajstić information content (AvgIpc) is 2.03. The van der Waals surface area contributed by atoms with Crippen molar-refractivity contribution in [2.75, 3.05) is 7.11 Å². The summed E-state index contributed by atoms with van der Waals surface area (Å²) in [6.45, 7) is 6.41. The second-order valence-corrected chi connectivity index (χ2v) is 3.24. The molecule has 1 aromatic heterocycles. The topological polar surface area (TPSA) is 22.1 Å². The first-order chi connectivity index (χ1) is 5.65. The summed E-state index contributed by atoms with van der Waals surface area (Å²) in [5.74, 6) is 1.22. The molecule has 0 aromatic carbocycles. The van der Waals surface area contributed by atoms with E-state index < -0.39 is 0 Å². The van der Waals surface area contributed by atoms with E-state index >= 15 is 0 Å². The molecule has 0 aliphatic rings. The largest absolute Gasteiger partial charge is 0.481 e. The molecule has 66 valence electrons. The van der Waals surface area contributed by atoms with E-state index in [1.54, 1.807) is 7.11 Å². The first-order valence-corrected chi connectivity index (χ1v) is 4.15. The molecule has 0 N–H and O–H groups in total. The fourth-order valence-corrected chi connectivity index (χ4v) is 1.26. The van der Waals surface area contributed by atoms with Gasteiger partial charge >= 0.3 is 0 Å². The van der Waals surface area contributed by atoms with Crippen LogP contribution >= 0.6 is 0 Å². The molecule has 2 heteroatoms. The van der Waals surface area contributed by atoms with Gasteiger partial charge in [-0.05, 0) is 24.0 Å². The number of nitrogens with zero attached hydrogens (tertiary/aromatic N) is 1. The smallest absolute Gasteiger partial charge is 0.213 e. The van der Waals surface area contributed by atoms with Crippen LogP contribution in [0.2, 0.25) is 0 Å². The number of aryl methyl sites for hydroxylation is 1. The predicted octanol–water partition coefficient (Wildman–Crippen LogP) is 2.52. The van der Waals surface area contributed by atoms with Crippen LogP contribution in [0, 0.1) is 6.92 Å². The van der Waals surface area contributed by atoms with Crippen LogP contribution in [0.5, 0.6) is 5.88 Å². The van der Waals surface area contributed by atoms with Gasteiger partial charge in [-0.15, -0.1) is 0 Å². The summed E-state index contributed by atoms with van der Waals surface area (Å²) in [6, 6.07) is 1.97. The van der Waals surface area contributed by atoms with Crippen molar-refractivity contribution in [2.24, 2.45) is 0 Å². The van der Waals surface area contributed by atoms with Crippen molar-refractivity contribution in [2.45, 2.75) is 26.7 Å². The van der Waals surface area contributed by atoms with Crippen molar-refractivity contribution in [1.29, 1.82) is 0 Å². The molecule has 0 unspecified atom stereocenters. The standard InChI is InChI=1S/C10H15NO/c1-7(2)9-6-11-10(12-4)5-8(9)3/h5-7H,1-4H3. The molecule has 0 amide bonds. The first kappa shape index (κ1) is 9.04. The lowest BCUT2D eigenvalue weighted by molar-refractivity contribution is 0.397. The van der Waals surface area contributed by atoms with Gasteiger partial charge in [0.1, 0.15) is 0 Å². The van der Waals surface area contributed by atoms with Crippen LogP contribution in [0.25, 0.3) is 0 Å². The number of methoxy groups -OCH3 is 1. The summed E-state index contributed by atoms with van der Waals surface area (Å²) in [4.78, 5) is 4.16. The normalized spacial score (nSPS) is 10.4. The Morgan fingerprint density at radius 2 is 2.08 bits per heavy atom. The van der Waals surface area contributed by atoms with Gasteiger partial charge in [-0.2, -0.15) is 0 Å². The molecule has 0 fully saturated rings. The minimum Gasteiger partial charge on any atom is -0.481 e. The molecular weight excluding hydrogens is 150 g/mol. The van der Waals surface area contributed by atoms with E-state index in [4.69, 9.17) is 4.74 Å². The second-order valence-electron chi connectivity index (χ2n) is 3.24. The Morgan fingerprint density at radius 3 is 2.50 bits per heavy atom. The Kier molecular flexibility index (Phi) is 2.69. The number of pyridine rings is 1. The highest BCUT2D eigenvalue weighted by Crippen LogP contribution is 2.20. The lowest BCUT2D eigenvalue weighted by Crippen LogP contribution is -1.95. The lowest BCUT2D eigenvalue weighted by atomic mass is 10.0. The summed E-state index contributed by atoms with van der Waals surface area (Å²) in [7, 11) is 1.64. The fraction of sp³-hybridized carbons (Fsp3) is 0.500. The molecule has 1 aromatic rings. The SMILES string of the molecule is COc1cc(C)c(C(C)C)cn1. The summed E-state index contributed by atoms with van der Waals surface area (Å²) in [5.41, 5.74) is 2.53. The fourth-order valence-electron chi connectivity index (χ4n) is 1.26. The minimum atomic E-state index is 0.531. The van der Waals surface area contributed by atoms with Crippen molar-refractivity contribution >= 4 is 0 Å². The Hall–Kier alpha value is -1.05. The highest BCUT2D eigenvalue weighted by Gasteiger charge is 2.04. The molecule has 0 aliphatic heterocycles. The summed E-state index contributed by atoms with van der Waals surface area (Å²) in [5, 5.41) is 0. The van der Waals surface area contributed by atoms with Gasteiger partial charge < -0.3 is 4.74 Å². The van der Waals surface area contributed by atoms with E-state index in [1.807, 2.05) is 12.3 Å². The molecule has 1 rings (SSSR count). The van der Waals surface area contributed by atoms with Crippen LogP contribution in [-0.2, 0) is 0 Å². The highest BCUT2D eigenvalue weighted by molar-refractivity contribution is 5.30. The molecular formula is C10H15NO. The quantitative estimate of drug-likeness (QED) is 0.671. The zero-order valence-corrected chi connectivity index (χ0v) is 8.09. The van der Waals surface area contributed by atoms with Gasteiger partial charge in [-0.3, -0.25) is 0 Å². The molecule has 0 spiro atoms.